The van der Waals surface area contributed by atoms with Crippen LogP contribution in [0.15, 0.2) is 0 Å². The van der Waals surface area contributed by atoms with Gasteiger partial charge in [0.2, 0.25) is 0 Å². The van der Waals surface area contributed by atoms with Crippen LogP contribution < -0.4 is 5.32 Å². The summed E-state index contributed by atoms with van der Waals surface area (Å²) in [6, 6.07) is 0.763. The normalized spacial score (nSPS) is 27.6. The zero-order chi connectivity index (χ0) is 10.2. The molecule has 0 bridgehead atoms. The van der Waals surface area contributed by atoms with Crippen molar-refractivity contribution in [2.45, 2.75) is 58.4 Å². The molecule has 0 amide bonds. The van der Waals surface area contributed by atoms with Gasteiger partial charge in [-0.2, -0.15) is 0 Å². The van der Waals surface area contributed by atoms with Crippen LogP contribution in [0.4, 0.5) is 0 Å². The molecule has 0 aromatic carbocycles. The lowest BCUT2D eigenvalue weighted by atomic mass is 10.0. The predicted molar refractivity (Wildman–Crippen MR) is 62.1 cm³/mol. The van der Waals surface area contributed by atoms with Gasteiger partial charge in [-0.25, -0.2) is 0 Å². The molecule has 1 nitrogen and oxygen atoms in total. The van der Waals surface area contributed by atoms with E-state index in [1.165, 1.54) is 32.1 Å². The fourth-order valence-corrected chi connectivity index (χ4v) is 2.16. The Morgan fingerprint density at radius 2 is 2.07 bits per heavy atom. The summed E-state index contributed by atoms with van der Waals surface area (Å²) in [4.78, 5) is 0. The van der Waals surface area contributed by atoms with Crippen molar-refractivity contribution in [1.29, 1.82) is 0 Å². The van der Waals surface area contributed by atoms with E-state index in [0.29, 0.717) is 0 Å². The van der Waals surface area contributed by atoms with Crippen LogP contribution in [0.25, 0.3) is 0 Å². The molecule has 2 atom stereocenters. The average Bonchev–Trinajstić information content (AvgIpc) is 2.38. The highest BCUT2D eigenvalue weighted by Crippen LogP contribution is 2.22. The number of rotatable bonds is 3. The molecule has 0 spiro atoms. The van der Waals surface area contributed by atoms with Crippen LogP contribution in [0.5, 0.6) is 0 Å². The van der Waals surface area contributed by atoms with Gasteiger partial charge in [-0.05, 0) is 32.1 Å². The topological polar surface area (TPSA) is 12.0 Å². The van der Waals surface area contributed by atoms with E-state index in [0.717, 1.165) is 24.9 Å². The lowest BCUT2D eigenvalue weighted by molar-refractivity contribution is 0.453. The van der Waals surface area contributed by atoms with Crippen molar-refractivity contribution in [2.75, 3.05) is 6.54 Å². The molecular formula is C13H23N. The zero-order valence-electron chi connectivity index (χ0n) is 9.60. The summed E-state index contributed by atoms with van der Waals surface area (Å²) in [5.74, 6) is 6.98. The molecule has 1 rings (SSSR count). The van der Waals surface area contributed by atoms with Crippen molar-refractivity contribution >= 4 is 0 Å². The highest BCUT2D eigenvalue weighted by Gasteiger charge is 2.14. The standard InChI is InChI=1S/C13H23N/c1-3-4-5-11-14-13-8-6-7-12(2)9-10-13/h12-14H,5-11H2,1-2H3. The van der Waals surface area contributed by atoms with Crippen LogP contribution in [0, 0.1) is 17.8 Å². The molecule has 0 aromatic rings. The Morgan fingerprint density at radius 1 is 1.21 bits per heavy atom. The van der Waals surface area contributed by atoms with E-state index in [-0.39, 0.29) is 0 Å². The molecule has 1 heteroatoms. The van der Waals surface area contributed by atoms with Crippen molar-refractivity contribution in [3.8, 4) is 11.8 Å². The lowest BCUT2D eigenvalue weighted by Gasteiger charge is -2.15. The Kier molecular flexibility index (Phi) is 5.71. The van der Waals surface area contributed by atoms with Crippen LogP contribution in [-0.4, -0.2) is 12.6 Å². The molecule has 14 heavy (non-hydrogen) atoms. The van der Waals surface area contributed by atoms with Gasteiger partial charge >= 0.3 is 0 Å². The maximum Gasteiger partial charge on any atom is 0.0214 e. The Balaban J connectivity index is 2.13. The smallest absolute Gasteiger partial charge is 0.0214 e. The van der Waals surface area contributed by atoms with Gasteiger partial charge in [0.1, 0.15) is 0 Å². The maximum absolute atomic E-state index is 3.61. The van der Waals surface area contributed by atoms with Crippen LogP contribution in [0.3, 0.4) is 0 Å². The first-order chi connectivity index (χ1) is 6.83. The summed E-state index contributed by atoms with van der Waals surface area (Å²) < 4.78 is 0. The third kappa shape index (κ3) is 4.67. The minimum absolute atomic E-state index is 0.763. The molecule has 0 aliphatic heterocycles. The van der Waals surface area contributed by atoms with Crippen LogP contribution in [0.2, 0.25) is 0 Å². The van der Waals surface area contributed by atoms with Crippen molar-refractivity contribution in [1.82, 2.24) is 5.32 Å². The van der Waals surface area contributed by atoms with E-state index in [1.54, 1.807) is 0 Å². The largest absolute Gasteiger partial charge is 0.313 e. The first-order valence-electron chi connectivity index (χ1n) is 5.96. The number of hydrogen-bond donors (Lipinski definition) is 1. The zero-order valence-corrected chi connectivity index (χ0v) is 9.60. The molecule has 1 aliphatic rings. The molecule has 1 saturated carbocycles. The summed E-state index contributed by atoms with van der Waals surface area (Å²) in [5, 5.41) is 3.61. The molecule has 1 fully saturated rings. The Labute approximate surface area is 88.7 Å². The summed E-state index contributed by atoms with van der Waals surface area (Å²) >= 11 is 0. The van der Waals surface area contributed by atoms with Crippen LogP contribution in [-0.2, 0) is 0 Å². The molecule has 0 radical (unpaired) electrons. The quantitative estimate of drug-likeness (QED) is 0.413. The third-order valence-electron chi connectivity index (χ3n) is 3.12. The van der Waals surface area contributed by atoms with Crippen molar-refractivity contribution in [3.63, 3.8) is 0 Å². The average molecular weight is 193 g/mol. The van der Waals surface area contributed by atoms with E-state index in [2.05, 4.69) is 24.1 Å². The number of hydrogen-bond acceptors (Lipinski definition) is 1. The van der Waals surface area contributed by atoms with E-state index < -0.39 is 0 Å². The van der Waals surface area contributed by atoms with Crippen molar-refractivity contribution in [2.24, 2.45) is 5.92 Å². The highest BCUT2D eigenvalue weighted by atomic mass is 14.9. The van der Waals surface area contributed by atoms with Crippen LogP contribution >= 0.6 is 0 Å². The SMILES string of the molecule is CC#CCCNC1CCCC(C)CC1. The molecule has 1 N–H and O–H groups in total. The second-order valence-electron chi connectivity index (χ2n) is 4.44. The Morgan fingerprint density at radius 3 is 2.86 bits per heavy atom. The van der Waals surface area contributed by atoms with Crippen molar-refractivity contribution in [3.05, 3.63) is 0 Å². The fourth-order valence-electron chi connectivity index (χ4n) is 2.16. The molecule has 1 aliphatic carbocycles. The van der Waals surface area contributed by atoms with Gasteiger partial charge in [-0.1, -0.05) is 19.8 Å². The molecule has 80 valence electrons. The molecule has 2 unspecified atom stereocenters. The minimum atomic E-state index is 0.763. The molecule has 0 heterocycles. The minimum Gasteiger partial charge on any atom is -0.313 e. The second-order valence-corrected chi connectivity index (χ2v) is 4.44. The van der Waals surface area contributed by atoms with E-state index in [4.69, 9.17) is 0 Å². The van der Waals surface area contributed by atoms with Gasteiger partial charge in [-0.15, -0.1) is 11.8 Å². The summed E-state index contributed by atoms with van der Waals surface area (Å²) in [7, 11) is 0. The van der Waals surface area contributed by atoms with Gasteiger partial charge in [-0.3, -0.25) is 0 Å². The summed E-state index contributed by atoms with van der Waals surface area (Å²) in [6.45, 7) is 5.36. The van der Waals surface area contributed by atoms with Crippen molar-refractivity contribution < 1.29 is 0 Å². The summed E-state index contributed by atoms with van der Waals surface area (Å²) in [6.07, 6.45) is 7.95. The Bertz CT molecular complexity index is 199. The summed E-state index contributed by atoms with van der Waals surface area (Å²) in [5.41, 5.74) is 0. The van der Waals surface area contributed by atoms with E-state index in [9.17, 15) is 0 Å². The first-order valence-corrected chi connectivity index (χ1v) is 5.96. The predicted octanol–water partition coefficient (Wildman–Crippen LogP) is 2.96. The number of nitrogens with one attached hydrogen (secondary N) is 1. The highest BCUT2D eigenvalue weighted by molar-refractivity contribution is 4.95. The first kappa shape index (κ1) is 11.6. The van der Waals surface area contributed by atoms with Gasteiger partial charge < -0.3 is 5.32 Å². The molecule has 0 saturated heterocycles. The van der Waals surface area contributed by atoms with E-state index in [1.807, 2.05) is 6.92 Å². The van der Waals surface area contributed by atoms with E-state index >= 15 is 0 Å². The van der Waals surface area contributed by atoms with Gasteiger partial charge in [0.25, 0.3) is 0 Å². The second kappa shape index (κ2) is 6.90. The van der Waals surface area contributed by atoms with Gasteiger partial charge in [0.05, 0.1) is 0 Å². The third-order valence-corrected chi connectivity index (χ3v) is 3.12. The fraction of sp³-hybridized carbons (Fsp3) is 0.846. The molecule has 0 aromatic heterocycles. The van der Waals surface area contributed by atoms with Gasteiger partial charge in [0, 0.05) is 19.0 Å². The monoisotopic (exact) mass is 193 g/mol. The Hall–Kier alpha value is -0.480. The lowest BCUT2D eigenvalue weighted by Crippen LogP contribution is -2.29. The van der Waals surface area contributed by atoms with Crippen LogP contribution in [0.1, 0.15) is 52.4 Å². The molecular weight excluding hydrogens is 170 g/mol. The maximum atomic E-state index is 3.61. The van der Waals surface area contributed by atoms with Gasteiger partial charge in [0.15, 0.2) is 0 Å².